The number of carbonyl (C=O) groups excluding carboxylic acids is 2. The van der Waals surface area contributed by atoms with Gasteiger partial charge in [0.15, 0.2) is 11.5 Å². The first-order valence-electron chi connectivity index (χ1n) is 12.7. The predicted molar refractivity (Wildman–Crippen MR) is 147 cm³/mol. The average Bonchev–Trinajstić information content (AvgIpc) is 3.21. The molecule has 0 aliphatic carbocycles. The van der Waals surface area contributed by atoms with Gasteiger partial charge in [-0.15, -0.1) is 0 Å². The molecule has 4 rings (SSSR count). The number of hydrogen-bond acceptors (Lipinski definition) is 7. The average molecular weight is 532 g/mol. The molecule has 1 atom stereocenters. The highest BCUT2D eigenvalue weighted by Gasteiger charge is 2.46. The molecule has 39 heavy (non-hydrogen) atoms. The van der Waals surface area contributed by atoms with Crippen LogP contribution < -0.4 is 14.2 Å². The van der Waals surface area contributed by atoms with Gasteiger partial charge in [-0.3, -0.25) is 9.59 Å². The first-order chi connectivity index (χ1) is 18.9. The zero-order chi connectivity index (χ0) is 27.9. The fourth-order valence-electron chi connectivity index (χ4n) is 4.69. The number of ketones is 1. The standard InChI is InChI=1S/C31H33NO7/c1-20-7-5-8-21(17-20)19-39-24-12-9-22(10-13-24)29(33)27-28(23-11-14-25(37-3)26(18-23)38-4)32(15-6-16-36-2)31(35)30(27)34/h5,7-14,17-18,28,33H,6,15-16,19H2,1-4H3/b29-27+/t28-/m0/s1. The van der Waals surface area contributed by atoms with Crippen LogP contribution in [-0.2, 0) is 20.9 Å². The van der Waals surface area contributed by atoms with Gasteiger partial charge < -0.3 is 29.0 Å². The minimum atomic E-state index is -0.807. The molecule has 0 aromatic heterocycles. The molecule has 1 saturated heterocycles. The largest absolute Gasteiger partial charge is 0.507 e. The van der Waals surface area contributed by atoms with E-state index in [-0.39, 0.29) is 17.9 Å². The number of nitrogens with zero attached hydrogens (tertiary/aromatic N) is 1. The smallest absolute Gasteiger partial charge is 0.295 e. The molecule has 0 bridgehead atoms. The van der Waals surface area contributed by atoms with Gasteiger partial charge in [0.2, 0.25) is 0 Å². The van der Waals surface area contributed by atoms with E-state index in [0.29, 0.717) is 48.0 Å². The van der Waals surface area contributed by atoms with Crippen molar-refractivity contribution in [2.75, 3.05) is 34.5 Å². The van der Waals surface area contributed by atoms with Crippen LogP contribution in [0.25, 0.3) is 5.76 Å². The van der Waals surface area contributed by atoms with Gasteiger partial charge >= 0.3 is 0 Å². The summed E-state index contributed by atoms with van der Waals surface area (Å²) < 4.78 is 21.8. The number of likely N-dealkylation sites (tertiary alicyclic amines) is 1. The number of amides is 1. The minimum Gasteiger partial charge on any atom is -0.507 e. The van der Waals surface area contributed by atoms with Crippen LogP contribution in [0.2, 0.25) is 0 Å². The van der Waals surface area contributed by atoms with Gasteiger partial charge in [0.05, 0.1) is 25.8 Å². The summed E-state index contributed by atoms with van der Waals surface area (Å²) in [6.45, 7) is 3.13. The molecule has 3 aromatic carbocycles. The lowest BCUT2D eigenvalue weighted by atomic mass is 9.95. The lowest BCUT2D eigenvalue weighted by molar-refractivity contribution is -0.140. The Morgan fingerprint density at radius 2 is 1.67 bits per heavy atom. The van der Waals surface area contributed by atoms with E-state index in [1.807, 2.05) is 25.1 Å². The summed E-state index contributed by atoms with van der Waals surface area (Å²) in [7, 11) is 4.62. The van der Waals surface area contributed by atoms with Crippen LogP contribution in [0.3, 0.4) is 0 Å². The Morgan fingerprint density at radius 1 is 0.923 bits per heavy atom. The van der Waals surface area contributed by atoms with Gasteiger partial charge in [0.1, 0.15) is 18.1 Å². The van der Waals surface area contributed by atoms with E-state index < -0.39 is 17.7 Å². The quantitative estimate of drug-likeness (QED) is 0.160. The van der Waals surface area contributed by atoms with Crippen molar-refractivity contribution in [1.82, 2.24) is 4.90 Å². The number of aliphatic hydroxyl groups is 1. The third kappa shape index (κ3) is 6.07. The highest BCUT2D eigenvalue weighted by atomic mass is 16.5. The van der Waals surface area contributed by atoms with E-state index in [0.717, 1.165) is 11.1 Å². The lowest BCUT2D eigenvalue weighted by Gasteiger charge is -2.26. The van der Waals surface area contributed by atoms with E-state index in [1.54, 1.807) is 49.6 Å². The summed E-state index contributed by atoms with van der Waals surface area (Å²) in [6.07, 6.45) is 0.528. The third-order valence-electron chi connectivity index (χ3n) is 6.63. The third-order valence-corrected chi connectivity index (χ3v) is 6.63. The van der Waals surface area contributed by atoms with Crippen molar-refractivity contribution in [1.29, 1.82) is 0 Å². The number of Topliss-reactive ketones (excluding diaryl/α,β-unsaturated/α-hetero) is 1. The molecular formula is C31H33NO7. The van der Waals surface area contributed by atoms with Crippen LogP contribution in [0.1, 0.15) is 34.7 Å². The number of aliphatic hydroxyl groups excluding tert-OH is 1. The second-order valence-corrected chi connectivity index (χ2v) is 9.26. The van der Waals surface area contributed by atoms with Crippen LogP contribution in [0.4, 0.5) is 0 Å². The van der Waals surface area contributed by atoms with E-state index in [9.17, 15) is 14.7 Å². The summed E-state index contributed by atoms with van der Waals surface area (Å²) in [4.78, 5) is 27.8. The van der Waals surface area contributed by atoms with Crippen molar-refractivity contribution in [3.05, 3.63) is 94.6 Å². The molecule has 8 nitrogen and oxygen atoms in total. The molecule has 8 heteroatoms. The predicted octanol–water partition coefficient (Wildman–Crippen LogP) is 5.05. The zero-order valence-corrected chi connectivity index (χ0v) is 22.6. The van der Waals surface area contributed by atoms with Gasteiger partial charge in [-0.05, 0) is 60.9 Å². The monoisotopic (exact) mass is 531 g/mol. The summed E-state index contributed by atoms with van der Waals surface area (Å²) >= 11 is 0. The number of benzene rings is 3. The first-order valence-corrected chi connectivity index (χ1v) is 12.7. The Bertz CT molecular complexity index is 1360. The Labute approximate surface area is 228 Å². The normalized spacial score (nSPS) is 16.4. The topological polar surface area (TPSA) is 94.5 Å². The lowest BCUT2D eigenvalue weighted by Crippen LogP contribution is -2.31. The Hall–Kier alpha value is -4.30. The van der Waals surface area contributed by atoms with E-state index in [4.69, 9.17) is 18.9 Å². The van der Waals surface area contributed by atoms with E-state index in [2.05, 4.69) is 6.07 Å². The molecule has 1 heterocycles. The van der Waals surface area contributed by atoms with Crippen LogP contribution in [-0.4, -0.2) is 56.2 Å². The molecule has 1 aliphatic heterocycles. The number of methoxy groups -OCH3 is 3. The zero-order valence-electron chi connectivity index (χ0n) is 22.6. The van der Waals surface area contributed by atoms with Crippen LogP contribution >= 0.6 is 0 Å². The number of ether oxygens (including phenoxy) is 4. The maximum absolute atomic E-state index is 13.3. The second kappa shape index (κ2) is 12.5. The summed E-state index contributed by atoms with van der Waals surface area (Å²) in [5, 5.41) is 11.3. The number of rotatable bonds is 11. The van der Waals surface area contributed by atoms with Gasteiger partial charge in [0, 0.05) is 25.8 Å². The molecule has 0 radical (unpaired) electrons. The molecule has 0 spiro atoms. The molecule has 1 amide bonds. The van der Waals surface area contributed by atoms with Gasteiger partial charge in [-0.25, -0.2) is 0 Å². The Balaban J connectivity index is 1.67. The van der Waals surface area contributed by atoms with Crippen molar-refractivity contribution >= 4 is 17.4 Å². The van der Waals surface area contributed by atoms with Crippen molar-refractivity contribution in [2.24, 2.45) is 0 Å². The van der Waals surface area contributed by atoms with Crippen molar-refractivity contribution in [3.8, 4) is 17.2 Å². The van der Waals surface area contributed by atoms with Crippen LogP contribution in [0.15, 0.2) is 72.3 Å². The maximum atomic E-state index is 13.3. The Kier molecular flexibility index (Phi) is 8.88. The van der Waals surface area contributed by atoms with Crippen molar-refractivity contribution in [2.45, 2.75) is 26.0 Å². The fourth-order valence-corrected chi connectivity index (χ4v) is 4.69. The summed E-state index contributed by atoms with van der Waals surface area (Å²) in [5.41, 5.74) is 3.23. The van der Waals surface area contributed by atoms with Crippen molar-refractivity contribution in [3.63, 3.8) is 0 Å². The van der Waals surface area contributed by atoms with Gasteiger partial charge in [0.25, 0.3) is 11.7 Å². The molecule has 0 unspecified atom stereocenters. The highest BCUT2D eigenvalue weighted by Crippen LogP contribution is 2.42. The van der Waals surface area contributed by atoms with Crippen LogP contribution in [0.5, 0.6) is 17.2 Å². The van der Waals surface area contributed by atoms with Crippen LogP contribution in [0, 0.1) is 6.92 Å². The van der Waals surface area contributed by atoms with E-state index in [1.165, 1.54) is 19.1 Å². The molecule has 1 fully saturated rings. The summed E-state index contributed by atoms with van der Waals surface area (Å²) in [5.74, 6) is -0.0985. The van der Waals surface area contributed by atoms with Gasteiger partial charge in [-0.1, -0.05) is 35.9 Å². The van der Waals surface area contributed by atoms with E-state index >= 15 is 0 Å². The fraction of sp³-hybridized carbons (Fsp3) is 0.290. The molecular weight excluding hydrogens is 498 g/mol. The number of aryl methyl sites for hydroxylation is 1. The molecule has 0 saturated carbocycles. The minimum absolute atomic E-state index is 0.0121. The second-order valence-electron chi connectivity index (χ2n) is 9.26. The van der Waals surface area contributed by atoms with Crippen molar-refractivity contribution < 1.29 is 33.6 Å². The Morgan fingerprint density at radius 3 is 2.33 bits per heavy atom. The first kappa shape index (κ1) is 27.7. The molecule has 3 aromatic rings. The molecule has 204 valence electrons. The number of carbonyl (C=O) groups is 2. The molecule has 1 N–H and O–H groups in total. The number of hydrogen-bond donors (Lipinski definition) is 1. The highest BCUT2D eigenvalue weighted by molar-refractivity contribution is 6.46. The summed E-state index contributed by atoms with van der Waals surface area (Å²) in [6, 6.07) is 19.2. The van der Waals surface area contributed by atoms with Gasteiger partial charge in [-0.2, -0.15) is 0 Å². The molecule has 1 aliphatic rings. The maximum Gasteiger partial charge on any atom is 0.295 e. The SMILES string of the molecule is COCCCN1C(=O)C(=O)/C(=C(/O)c2ccc(OCc3cccc(C)c3)cc2)[C@@H]1c1ccc(OC)c(OC)c1.